The van der Waals surface area contributed by atoms with Gasteiger partial charge in [0.25, 0.3) is 0 Å². The van der Waals surface area contributed by atoms with Gasteiger partial charge in [0.1, 0.15) is 0 Å². The van der Waals surface area contributed by atoms with Crippen molar-refractivity contribution in [2.45, 2.75) is 47.0 Å². The van der Waals surface area contributed by atoms with Crippen molar-refractivity contribution in [2.75, 3.05) is 16.8 Å². The average Bonchev–Trinajstić information content (AvgIpc) is 3.00. The fraction of sp³-hybridized carbons (Fsp3) is 0.391. The molecule has 4 heteroatoms. The third-order valence-electron chi connectivity index (χ3n) is 5.52. The summed E-state index contributed by atoms with van der Waals surface area (Å²) in [6.07, 6.45) is 0.253. The summed E-state index contributed by atoms with van der Waals surface area (Å²) in [5.41, 5.74) is 6.22. The highest BCUT2D eigenvalue weighted by atomic mass is 16.2. The molecule has 0 aromatic heterocycles. The molecule has 1 unspecified atom stereocenters. The van der Waals surface area contributed by atoms with Crippen molar-refractivity contribution >= 4 is 23.2 Å². The van der Waals surface area contributed by atoms with Crippen LogP contribution in [0.2, 0.25) is 0 Å². The Hall–Kier alpha value is -2.62. The van der Waals surface area contributed by atoms with E-state index in [0.717, 1.165) is 33.6 Å². The summed E-state index contributed by atoms with van der Waals surface area (Å²) in [6.45, 7) is 10.7. The van der Waals surface area contributed by atoms with E-state index < -0.39 is 0 Å². The molecule has 142 valence electrons. The fourth-order valence-electron chi connectivity index (χ4n) is 3.74. The lowest BCUT2D eigenvalue weighted by Gasteiger charge is -2.24. The van der Waals surface area contributed by atoms with Crippen molar-refractivity contribution in [1.29, 1.82) is 0 Å². The van der Waals surface area contributed by atoms with Gasteiger partial charge in [0.15, 0.2) is 0 Å². The molecule has 1 atom stereocenters. The van der Waals surface area contributed by atoms with Gasteiger partial charge in [-0.2, -0.15) is 0 Å². The number of nitrogens with zero attached hydrogens (tertiary/aromatic N) is 1. The van der Waals surface area contributed by atoms with Crippen LogP contribution in [0, 0.1) is 26.7 Å². The molecule has 2 aromatic rings. The number of anilines is 2. The monoisotopic (exact) mass is 364 g/mol. The van der Waals surface area contributed by atoms with E-state index in [1.165, 1.54) is 0 Å². The molecular formula is C23H28N2O2. The highest BCUT2D eigenvalue weighted by molar-refractivity contribution is 6.04. The van der Waals surface area contributed by atoms with Crippen LogP contribution in [-0.2, 0) is 9.59 Å². The minimum Gasteiger partial charge on any atom is -0.326 e. The molecule has 3 rings (SSSR count). The van der Waals surface area contributed by atoms with Crippen LogP contribution >= 0.6 is 0 Å². The molecule has 1 fully saturated rings. The molecule has 2 aromatic carbocycles. The third kappa shape index (κ3) is 3.75. The van der Waals surface area contributed by atoms with E-state index in [0.29, 0.717) is 12.5 Å². The maximum Gasteiger partial charge on any atom is 0.229 e. The number of para-hydroxylation sites is 1. The predicted molar refractivity (Wildman–Crippen MR) is 110 cm³/mol. The van der Waals surface area contributed by atoms with E-state index in [-0.39, 0.29) is 24.2 Å². The summed E-state index contributed by atoms with van der Waals surface area (Å²) in [5, 5.41) is 3.02. The minimum atomic E-state index is -0.336. The lowest BCUT2D eigenvalue weighted by atomic mass is 9.97. The molecule has 1 saturated heterocycles. The van der Waals surface area contributed by atoms with E-state index in [2.05, 4.69) is 25.2 Å². The Balaban J connectivity index is 1.82. The summed E-state index contributed by atoms with van der Waals surface area (Å²) >= 11 is 0. The predicted octanol–water partition coefficient (Wildman–Crippen LogP) is 4.73. The van der Waals surface area contributed by atoms with Gasteiger partial charge in [-0.25, -0.2) is 0 Å². The number of amides is 2. The number of nitrogens with one attached hydrogen (secondary N) is 1. The molecule has 1 aliphatic rings. The Morgan fingerprint density at radius 2 is 1.74 bits per heavy atom. The third-order valence-corrected chi connectivity index (χ3v) is 5.52. The van der Waals surface area contributed by atoms with Gasteiger partial charge in [0.05, 0.1) is 5.92 Å². The Labute approximate surface area is 161 Å². The Kier molecular flexibility index (Phi) is 5.36. The van der Waals surface area contributed by atoms with Crippen LogP contribution in [0.15, 0.2) is 36.4 Å². The van der Waals surface area contributed by atoms with Crippen molar-refractivity contribution in [3.63, 3.8) is 0 Å². The van der Waals surface area contributed by atoms with Gasteiger partial charge in [-0.15, -0.1) is 0 Å². The Morgan fingerprint density at radius 3 is 2.44 bits per heavy atom. The fourth-order valence-corrected chi connectivity index (χ4v) is 3.74. The Morgan fingerprint density at radius 1 is 1.07 bits per heavy atom. The second-order valence-corrected chi connectivity index (χ2v) is 7.81. The quantitative estimate of drug-likeness (QED) is 0.853. The van der Waals surface area contributed by atoms with Gasteiger partial charge in [-0.3, -0.25) is 9.59 Å². The van der Waals surface area contributed by atoms with Crippen molar-refractivity contribution in [3.8, 4) is 0 Å². The molecule has 1 heterocycles. The number of hydrogen-bond acceptors (Lipinski definition) is 2. The molecule has 0 bridgehead atoms. The van der Waals surface area contributed by atoms with Crippen LogP contribution in [0.25, 0.3) is 0 Å². The zero-order valence-electron chi connectivity index (χ0n) is 16.8. The van der Waals surface area contributed by atoms with Crippen molar-refractivity contribution in [1.82, 2.24) is 0 Å². The van der Waals surface area contributed by atoms with Crippen LogP contribution in [0.3, 0.4) is 0 Å². The number of benzene rings is 2. The van der Waals surface area contributed by atoms with E-state index in [4.69, 9.17) is 0 Å². The second kappa shape index (κ2) is 7.55. The average molecular weight is 364 g/mol. The molecule has 27 heavy (non-hydrogen) atoms. The van der Waals surface area contributed by atoms with Crippen LogP contribution in [-0.4, -0.2) is 18.4 Å². The summed E-state index contributed by atoms with van der Waals surface area (Å²) in [4.78, 5) is 27.4. The first-order chi connectivity index (χ1) is 12.8. The smallest absolute Gasteiger partial charge is 0.229 e. The molecule has 0 saturated carbocycles. The van der Waals surface area contributed by atoms with Gasteiger partial charge < -0.3 is 10.2 Å². The van der Waals surface area contributed by atoms with Crippen molar-refractivity contribution in [3.05, 3.63) is 58.7 Å². The second-order valence-electron chi connectivity index (χ2n) is 7.81. The maximum absolute atomic E-state index is 12.8. The zero-order valence-corrected chi connectivity index (χ0v) is 16.8. The van der Waals surface area contributed by atoms with Gasteiger partial charge in [-0.05, 0) is 55.0 Å². The molecule has 0 radical (unpaired) electrons. The SMILES string of the molecule is Cc1cccc(NC(=O)C2CC(=O)N(c3c(C)cccc3C(C)C)C2)c1C. The number of rotatable bonds is 4. The first-order valence-corrected chi connectivity index (χ1v) is 9.56. The lowest BCUT2D eigenvalue weighted by Crippen LogP contribution is -2.29. The van der Waals surface area contributed by atoms with E-state index in [1.54, 1.807) is 4.90 Å². The molecule has 1 N–H and O–H groups in total. The molecule has 0 aliphatic carbocycles. The molecule has 1 aliphatic heterocycles. The molecule has 2 amide bonds. The highest BCUT2D eigenvalue weighted by Gasteiger charge is 2.36. The zero-order chi connectivity index (χ0) is 19.7. The van der Waals surface area contributed by atoms with Gasteiger partial charge >= 0.3 is 0 Å². The van der Waals surface area contributed by atoms with Gasteiger partial charge in [0, 0.05) is 24.3 Å². The number of aryl methyl sites for hydroxylation is 2. The Bertz CT molecular complexity index is 886. The highest BCUT2D eigenvalue weighted by Crippen LogP contribution is 2.35. The normalized spacial score (nSPS) is 16.9. The summed E-state index contributed by atoms with van der Waals surface area (Å²) in [6, 6.07) is 12.0. The lowest BCUT2D eigenvalue weighted by molar-refractivity contribution is -0.122. The minimum absolute atomic E-state index is 0.0207. The van der Waals surface area contributed by atoms with Crippen LogP contribution < -0.4 is 10.2 Å². The van der Waals surface area contributed by atoms with Crippen molar-refractivity contribution < 1.29 is 9.59 Å². The van der Waals surface area contributed by atoms with E-state index in [9.17, 15) is 9.59 Å². The van der Waals surface area contributed by atoms with Crippen LogP contribution in [0.1, 0.15) is 48.4 Å². The van der Waals surface area contributed by atoms with Crippen LogP contribution in [0.5, 0.6) is 0 Å². The standard InChI is InChI=1S/C23H28N2O2/c1-14(2)19-10-6-9-16(4)22(19)25-13-18(12-21(25)26)23(27)24-20-11-7-8-15(3)17(20)5/h6-11,14,18H,12-13H2,1-5H3,(H,24,27). The summed E-state index contributed by atoms with van der Waals surface area (Å²) in [5.74, 6) is -0.0842. The number of carbonyl (C=O) groups excluding carboxylic acids is 2. The first kappa shape index (κ1) is 19.2. The van der Waals surface area contributed by atoms with Gasteiger partial charge in [0.2, 0.25) is 11.8 Å². The molecular weight excluding hydrogens is 336 g/mol. The molecule has 4 nitrogen and oxygen atoms in total. The maximum atomic E-state index is 12.8. The van der Waals surface area contributed by atoms with Crippen molar-refractivity contribution in [2.24, 2.45) is 5.92 Å². The van der Waals surface area contributed by atoms with Crippen LogP contribution in [0.4, 0.5) is 11.4 Å². The largest absolute Gasteiger partial charge is 0.326 e. The number of hydrogen-bond donors (Lipinski definition) is 1. The topological polar surface area (TPSA) is 49.4 Å². The summed E-state index contributed by atoms with van der Waals surface area (Å²) in [7, 11) is 0. The number of carbonyl (C=O) groups is 2. The van der Waals surface area contributed by atoms with Gasteiger partial charge in [-0.1, -0.05) is 44.2 Å². The van der Waals surface area contributed by atoms with E-state index in [1.807, 2.05) is 51.1 Å². The first-order valence-electron chi connectivity index (χ1n) is 9.56. The van der Waals surface area contributed by atoms with E-state index >= 15 is 0 Å². The molecule has 0 spiro atoms. The summed E-state index contributed by atoms with van der Waals surface area (Å²) < 4.78 is 0.